The second kappa shape index (κ2) is 8.62. The highest BCUT2D eigenvalue weighted by molar-refractivity contribution is 7.89. The van der Waals surface area contributed by atoms with Crippen LogP contribution in [0.2, 0.25) is 0 Å². The number of ether oxygens (including phenoxy) is 2. The Balaban J connectivity index is 2.27. The van der Waals surface area contributed by atoms with Crippen LogP contribution in [0.3, 0.4) is 0 Å². The summed E-state index contributed by atoms with van der Waals surface area (Å²) in [5.74, 6) is 0.818. The Labute approximate surface area is 166 Å². The van der Waals surface area contributed by atoms with E-state index in [-0.39, 0.29) is 17.3 Å². The summed E-state index contributed by atoms with van der Waals surface area (Å²) < 4.78 is 36.7. The van der Waals surface area contributed by atoms with Crippen molar-refractivity contribution in [1.29, 1.82) is 0 Å². The zero-order valence-electron chi connectivity index (χ0n) is 17.0. The Morgan fingerprint density at radius 3 is 2.25 bits per heavy atom. The third-order valence-corrected chi connectivity index (χ3v) is 6.48. The number of carbonyl (C=O) groups excluding carboxylic acids is 1. The van der Waals surface area contributed by atoms with Crippen molar-refractivity contribution in [3.8, 4) is 11.5 Å². The van der Waals surface area contributed by atoms with Crippen molar-refractivity contribution in [2.24, 2.45) is 0 Å². The van der Waals surface area contributed by atoms with Gasteiger partial charge < -0.3 is 14.8 Å². The van der Waals surface area contributed by atoms with Gasteiger partial charge in [-0.05, 0) is 54.8 Å². The van der Waals surface area contributed by atoms with Crippen molar-refractivity contribution in [3.63, 3.8) is 0 Å². The van der Waals surface area contributed by atoms with Gasteiger partial charge >= 0.3 is 0 Å². The van der Waals surface area contributed by atoms with Crippen molar-refractivity contribution in [2.75, 3.05) is 28.3 Å². The number of amides is 1. The largest absolute Gasteiger partial charge is 0.493 e. The van der Waals surface area contributed by atoms with Crippen LogP contribution in [-0.4, -0.2) is 46.9 Å². The number of aryl methyl sites for hydroxylation is 1. The molecule has 2 aromatic carbocycles. The van der Waals surface area contributed by atoms with Gasteiger partial charge in [0.05, 0.1) is 19.1 Å². The molecule has 2 rings (SSSR count). The minimum atomic E-state index is -3.65. The monoisotopic (exact) mass is 406 g/mol. The minimum absolute atomic E-state index is 0.133. The van der Waals surface area contributed by atoms with Gasteiger partial charge in [0.2, 0.25) is 10.0 Å². The van der Waals surface area contributed by atoms with Gasteiger partial charge in [0.15, 0.2) is 11.5 Å². The van der Waals surface area contributed by atoms with E-state index in [1.54, 1.807) is 46.3 Å². The van der Waals surface area contributed by atoms with E-state index in [4.69, 9.17) is 9.47 Å². The molecule has 1 N–H and O–H groups in total. The smallest absolute Gasteiger partial charge is 0.251 e. The molecule has 152 valence electrons. The molecule has 0 aliphatic rings. The molecule has 0 aliphatic heterocycles. The van der Waals surface area contributed by atoms with Crippen molar-refractivity contribution in [1.82, 2.24) is 9.62 Å². The van der Waals surface area contributed by atoms with E-state index in [2.05, 4.69) is 5.32 Å². The highest BCUT2D eigenvalue weighted by Crippen LogP contribution is 2.27. The van der Waals surface area contributed by atoms with Crippen molar-refractivity contribution >= 4 is 15.9 Å². The molecule has 8 heteroatoms. The molecule has 0 saturated carbocycles. The van der Waals surface area contributed by atoms with E-state index >= 15 is 0 Å². The summed E-state index contributed by atoms with van der Waals surface area (Å²) in [6, 6.07) is 8.47. The number of nitrogens with one attached hydrogen (secondary N) is 1. The van der Waals surface area contributed by atoms with Gasteiger partial charge in [-0.2, -0.15) is 0 Å². The third-order valence-electron chi connectivity index (χ3n) is 4.54. The first kappa shape index (κ1) is 21.7. The molecule has 7 nitrogen and oxygen atoms in total. The van der Waals surface area contributed by atoms with Crippen molar-refractivity contribution in [3.05, 3.63) is 52.6 Å². The van der Waals surface area contributed by atoms with Crippen LogP contribution in [-0.2, 0) is 16.6 Å². The second-order valence-electron chi connectivity index (χ2n) is 6.58. The fourth-order valence-corrected chi connectivity index (χ4v) is 3.91. The van der Waals surface area contributed by atoms with Crippen molar-refractivity contribution < 1.29 is 22.7 Å². The molecule has 0 fully saturated rings. The Morgan fingerprint density at radius 2 is 1.68 bits per heavy atom. The van der Waals surface area contributed by atoms with E-state index < -0.39 is 10.0 Å². The topological polar surface area (TPSA) is 84.9 Å². The van der Waals surface area contributed by atoms with Gasteiger partial charge in [0.1, 0.15) is 0 Å². The predicted octanol–water partition coefficient (Wildman–Crippen LogP) is 2.50. The number of methoxy groups -OCH3 is 2. The number of nitrogens with zero attached hydrogens (tertiary/aromatic N) is 1. The quantitative estimate of drug-likeness (QED) is 0.764. The summed E-state index contributed by atoms with van der Waals surface area (Å²) in [5.41, 5.74) is 2.49. The Bertz CT molecular complexity index is 984. The summed E-state index contributed by atoms with van der Waals surface area (Å²) in [6.07, 6.45) is 0. The van der Waals surface area contributed by atoms with Crippen molar-refractivity contribution in [2.45, 2.75) is 25.3 Å². The van der Waals surface area contributed by atoms with Gasteiger partial charge in [0.25, 0.3) is 5.91 Å². The first-order valence-corrected chi connectivity index (χ1v) is 10.1. The van der Waals surface area contributed by atoms with Crippen LogP contribution < -0.4 is 14.8 Å². The number of carbonyl (C=O) groups is 1. The number of sulfonamides is 1. The van der Waals surface area contributed by atoms with Gasteiger partial charge in [-0.1, -0.05) is 6.07 Å². The first-order valence-electron chi connectivity index (χ1n) is 8.64. The number of rotatable bonds is 7. The maximum absolute atomic E-state index is 12.6. The average Bonchev–Trinajstić information content (AvgIpc) is 2.67. The van der Waals surface area contributed by atoms with Crippen LogP contribution in [0.4, 0.5) is 0 Å². The van der Waals surface area contributed by atoms with Crippen LogP contribution in [0.5, 0.6) is 11.5 Å². The standard InChI is InChI=1S/C20H26N2O5S/c1-13-9-16(11-19(14(13)2)28(24,25)22(3)4)20(23)21-12-15-7-8-17(26-5)18(10-15)27-6/h7-11H,12H2,1-6H3,(H,21,23). The zero-order chi connectivity index (χ0) is 21.1. The molecule has 0 saturated heterocycles. The van der Waals surface area contributed by atoms with E-state index in [1.165, 1.54) is 20.2 Å². The lowest BCUT2D eigenvalue weighted by Gasteiger charge is -2.16. The predicted molar refractivity (Wildman–Crippen MR) is 108 cm³/mol. The molecule has 2 aromatic rings. The zero-order valence-corrected chi connectivity index (χ0v) is 17.8. The summed E-state index contributed by atoms with van der Waals surface area (Å²) >= 11 is 0. The molecule has 0 bridgehead atoms. The molecule has 0 spiro atoms. The summed E-state index contributed by atoms with van der Waals surface area (Å²) in [5, 5.41) is 2.81. The molecule has 28 heavy (non-hydrogen) atoms. The van der Waals surface area contributed by atoms with Crippen LogP contribution >= 0.6 is 0 Å². The number of benzene rings is 2. The first-order chi connectivity index (χ1) is 13.1. The van der Waals surface area contributed by atoms with E-state index in [0.29, 0.717) is 22.6 Å². The maximum atomic E-state index is 12.6. The Kier molecular flexibility index (Phi) is 6.69. The summed E-state index contributed by atoms with van der Waals surface area (Å²) in [7, 11) is 2.38. The normalized spacial score (nSPS) is 11.4. The molecule has 0 unspecified atom stereocenters. The second-order valence-corrected chi connectivity index (χ2v) is 8.70. The SMILES string of the molecule is COc1ccc(CNC(=O)c2cc(C)c(C)c(S(=O)(=O)N(C)C)c2)cc1OC. The molecule has 0 radical (unpaired) electrons. The van der Waals surface area contributed by atoms with Crippen LogP contribution in [0.25, 0.3) is 0 Å². The molecule has 0 aromatic heterocycles. The van der Waals surface area contributed by atoms with Crippen LogP contribution in [0.15, 0.2) is 35.2 Å². The lowest BCUT2D eigenvalue weighted by Crippen LogP contribution is -2.26. The fraction of sp³-hybridized carbons (Fsp3) is 0.350. The van der Waals surface area contributed by atoms with Gasteiger partial charge in [-0.3, -0.25) is 4.79 Å². The molecule has 0 atom stereocenters. The lowest BCUT2D eigenvalue weighted by atomic mass is 10.1. The average molecular weight is 407 g/mol. The highest BCUT2D eigenvalue weighted by Gasteiger charge is 2.23. The lowest BCUT2D eigenvalue weighted by molar-refractivity contribution is 0.0950. The van der Waals surface area contributed by atoms with E-state index in [1.807, 2.05) is 6.07 Å². The van der Waals surface area contributed by atoms with Gasteiger partial charge in [-0.15, -0.1) is 0 Å². The summed E-state index contributed by atoms with van der Waals surface area (Å²) in [6.45, 7) is 3.79. The molecule has 0 heterocycles. The molecule has 0 aliphatic carbocycles. The Hall–Kier alpha value is -2.58. The fourth-order valence-electron chi connectivity index (χ4n) is 2.70. The number of hydrogen-bond donors (Lipinski definition) is 1. The van der Waals surface area contributed by atoms with Gasteiger partial charge in [0, 0.05) is 26.2 Å². The van der Waals surface area contributed by atoms with E-state index in [9.17, 15) is 13.2 Å². The molecular weight excluding hydrogens is 380 g/mol. The Morgan fingerprint density at radius 1 is 1.04 bits per heavy atom. The van der Waals surface area contributed by atoms with Crippen LogP contribution in [0.1, 0.15) is 27.0 Å². The highest BCUT2D eigenvalue weighted by atomic mass is 32.2. The minimum Gasteiger partial charge on any atom is -0.493 e. The van der Waals surface area contributed by atoms with E-state index in [0.717, 1.165) is 15.4 Å². The van der Waals surface area contributed by atoms with Gasteiger partial charge in [-0.25, -0.2) is 12.7 Å². The number of hydrogen-bond acceptors (Lipinski definition) is 5. The summed E-state index contributed by atoms with van der Waals surface area (Å²) in [4.78, 5) is 12.8. The molecular formula is C20H26N2O5S. The molecule has 1 amide bonds. The van der Waals surface area contributed by atoms with Crippen LogP contribution in [0, 0.1) is 13.8 Å². The third kappa shape index (κ3) is 4.45. The maximum Gasteiger partial charge on any atom is 0.251 e.